The molecule has 0 atom stereocenters. The lowest BCUT2D eigenvalue weighted by molar-refractivity contribution is -0.158. The van der Waals surface area contributed by atoms with Gasteiger partial charge in [0.05, 0.1) is 0 Å². The van der Waals surface area contributed by atoms with Crippen LogP contribution in [0, 0.1) is 0 Å². The van der Waals surface area contributed by atoms with Gasteiger partial charge in [0.15, 0.2) is 5.79 Å². The van der Waals surface area contributed by atoms with Gasteiger partial charge in [0.1, 0.15) is 0 Å². The molecular formula is C7H11F3O2. The third-order valence-electron chi connectivity index (χ3n) is 1.39. The minimum Gasteiger partial charge on any atom is -0.350 e. The van der Waals surface area contributed by atoms with Gasteiger partial charge in [0.2, 0.25) is 0 Å². The summed E-state index contributed by atoms with van der Waals surface area (Å²) in [5.74, 6) is -1.31. The molecular weight excluding hydrogens is 173 g/mol. The van der Waals surface area contributed by atoms with Crippen molar-refractivity contribution in [2.45, 2.75) is 18.9 Å². The molecule has 0 aromatic rings. The van der Waals surface area contributed by atoms with E-state index >= 15 is 0 Å². The molecule has 12 heavy (non-hydrogen) atoms. The van der Waals surface area contributed by atoms with E-state index in [1.165, 1.54) is 21.1 Å². The van der Waals surface area contributed by atoms with Gasteiger partial charge in [-0.15, -0.1) is 0 Å². The van der Waals surface area contributed by atoms with Crippen LogP contribution >= 0.6 is 0 Å². The lowest BCUT2D eigenvalue weighted by atomic mass is 10.3. The number of hydrogen-bond donors (Lipinski definition) is 0. The summed E-state index contributed by atoms with van der Waals surface area (Å²) in [6.45, 7) is 1.38. The van der Waals surface area contributed by atoms with Crippen molar-refractivity contribution in [2.75, 3.05) is 14.2 Å². The maximum absolute atomic E-state index is 11.7. The smallest absolute Gasteiger partial charge is 0.350 e. The standard InChI is InChI=1S/C7H11F3O2/c1-6(11-2,12-3)4-5-7(8,9)10/h4-5H,1-3H3. The van der Waals surface area contributed by atoms with Crippen LogP contribution in [0.5, 0.6) is 0 Å². The second kappa shape index (κ2) is 3.91. The highest BCUT2D eigenvalue weighted by molar-refractivity contribution is 4.97. The molecule has 2 nitrogen and oxygen atoms in total. The largest absolute Gasteiger partial charge is 0.409 e. The molecule has 0 aromatic carbocycles. The molecule has 0 amide bonds. The Labute approximate surface area is 69.0 Å². The summed E-state index contributed by atoms with van der Waals surface area (Å²) in [7, 11) is 2.54. The molecule has 0 aliphatic heterocycles. The summed E-state index contributed by atoms with van der Waals surface area (Å²) in [5.41, 5.74) is 0. The SMILES string of the molecule is COC(C)(C=CC(F)(F)F)OC. The summed E-state index contributed by atoms with van der Waals surface area (Å²) in [6, 6.07) is 0. The number of allylic oxidation sites excluding steroid dienone is 1. The van der Waals surface area contributed by atoms with Gasteiger partial charge in [-0.2, -0.15) is 13.2 Å². The summed E-state index contributed by atoms with van der Waals surface area (Å²) < 4.78 is 44.3. The van der Waals surface area contributed by atoms with Gasteiger partial charge in [-0.05, 0) is 13.0 Å². The fraction of sp³-hybridized carbons (Fsp3) is 0.714. The van der Waals surface area contributed by atoms with Crippen LogP contribution in [-0.2, 0) is 9.47 Å². The molecule has 0 aliphatic rings. The fourth-order valence-electron chi connectivity index (χ4n) is 0.465. The van der Waals surface area contributed by atoms with E-state index in [9.17, 15) is 13.2 Å². The van der Waals surface area contributed by atoms with E-state index in [0.717, 1.165) is 6.08 Å². The van der Waals surface area contributed by atoms with E-state index in [-0.39, 0.29) is 6.08 Å². The molecule has 72 valence electrons. The molecule has 0 unspecified atom stereocenters. The van der Waals surface area contributed by atoms with Crippen LogP contribution in [0.15, 0.2) is 12.2 Å². The molecule has 0 aliphatic carbocycles. The minimum absolute atomic E-state index is 0.0833. The fourth-order valence-corrected chi connectivity index (χ4v) is 0.465. The summed E-state index contributed by atoms with van der Waals surface area (Å²) in [5, 5.41) is 0. The Balaban J connectivity index is 4.30. The zero-order valence-electron chi connectivity index (χ0n) is 7.11. The number of methoxy groups -OCH3 is 2. The van der Waals surface area contributed by atoms with Crippen LogP contribution in [0.3, 0.4) is 0 Å². The highest BCUT2D eigenvalue weighted by Crippen LogP contribution is 2.20. The van der Waals surface area contributed by atoms with E-state index in [1.807, 2.05) is 0 Å². The molecule has 0 N–H and O–H groups in total. The Bertz CT molecular complexity index is 159. The molecule has 0 spiro atoms. The number of rotatable bonds is 3. The van der Waals surface area contributed by atoms with Crippen molar-refractivity contribution < 1.29 is 22.6 Å². The lowest BCUT2D eigenvalue weighted by Gasteiger charge is -2.22. The first kappa shape index (κ1) is 11.4. The van der Waals surface area contributed by atoms with Gasteiger partial charge in [-0.25, -0.2) is 0 Å². The number of halogens is 3. The van der Waals surface area contributed by atoms with Crippen molar-refractivity contribution in [3.05, 3.63) is 12.2 Å². The number of alkyl halides is 3. The first-order valence-electron chi connectivity index (χ1n) is 3.20. The molecule has 5 heteroatoms. The second-order valence-corrected chi connectivity index (χ2v) is 2.30. The Hall–Kier alpha value is -0.550. The van der Waals surface area contributed by atoms with Crippen LogP contribution in [0.4, 0.5) is 13.2 Å². The van der Waals surface area contributed by atoms with Crippen molar-refractivity contribution in [1.29, 1.82) is 0 Å². The minimum atomic E-state index is -4.34. The topological polar surface area (TPSA) is 18.5 Å². The maximum atomic E-state index is 11.7. The molecule has 0 aromatic heterocycles. The predicted octanol–water partition coefficient (Wildman–Crippen LogP) is 2.11. The first-order valence-corrected chi connectivity index (χ1v) is 3.20. The number of hydrogen-bond acceptors (Lipinski definition) is 2. The van der Waals surface area contributed by atoms with Crippen molar-refractivity contribution >= 4 is 0 Å². The van der Waals surface area contributed by atoms with E-state index in [1.54, 1.807) is 0 Å². The monoisotopic (exact) mass is 184 g/mol. The normalized spacial score (nSPS) is 14.2. The van der Waals surface area contributed by atoms with Gasteiger partial charge >= 0.3 is 6.18 Å². The summed E-state index contributed by atoms with van der Waals surface area (Å²) in [6.07, 6.45) is -3.44. The maximum Gasteiger partial charge on any atom is 0.409 e. The van der Waals surface area contributed by atoms with Gasteiger partial charge < -0.3 is 9.47 Å². The summed E-state index contributed by atoms with van der Waals surface area (Å²) in [4.78, 5) is 0. The Morgan fingerprint density at radius 2 is 1.42 bits per heavy atom. The van der Waals surface area contributed by atoms with E-state index in [2.05, 4.69) is 9.47 Å². The van der Waals surface area contributed by atoms with E-state index in [4.69, 9.17) is 0 Å². The van der Waals surface area contributed by atoms with Crippen LogP contribution < -0.4 is 0 Å². The summed E-state index contributed by atoms with van der Waals surface area (Å²) >= 11 is 0. The number of ether oxygens (including phenoxy) is 2. The quantitative estimate of drug-likeness (QED) is 0.494. The van der Waals surface area contributed by atoms with Gasteiger partial charge in [0, 0.05) is 20.3 Å². The molecule has 0 fully saturated rings. The average molecular weight is 184 g/mol. The van der Waals surface area contributed by atoms with Crippen molar-refractivity contribution in [1.82, 2.24) is 0 Å². The predicted molar refractivity (Wildman–Crippen MR) is 37.6 cm³/mol. The van der Waals surface area contributed by atoms with Crippen LogP contribution in [-0.4, -0.2) is 26.2 Å². The Morgan fingerprint density at radius 1 is 1.00 bits per heavy atom. The Morgan fingerprint density at radius 3 is 1.67 bits per heavy atom. The van der Waals surface area contributed by atoms with Crippen LogP contribution in [0.25, 0.3) is 0 Å². The van der Waals surface area contributed by atoms with Crippen molar-refractivity contribution in [3.8, 4) is 0 Å². The third-order valence-corrected chi connectivity index (χ3v) is 1.39. The van der Waals surface area contributed by atoms with Crippen molar-refractivity contribution in [3.63, 3.8) is 0 Å². The highest BCUT2D eigenvalue weighted by Gasteiger charge is 2.26. The first-order chi connectivity index (χ1) is 5.33. The van der Waals surface area contributed by atoms with Gasteiger partial charge in [-0.1, -0.05) is 0 Å². The molecule has 0 bridgehead atoms. The van der Waals surface area contributed by atoms with Gasteiger partial charge in [0.25, 0.3) is 0 Å². The van der Waals surface area contributed by atoms with E-state index < -0.39 is 12.0 Å². The Kier molecular flexibility index (Phi) is 3.73. The average Bonchev–Trinajstić information content (AvgIpc) is 1.99. The zero-order valence-corrected chi connectivity index (χ0v) is 7.11. The molecule has 0 rings (SSSR count). The second-order valence-electron chi connectivity index (χ2n) is 2.30. The molecule has 0 saturated carbocycles. The van der Waals surface area contributed by atoms with E-state index in [0.29, 0.717) is 0 Å². The lowest BCUT2D eigenvalue weighted by Crippen LogP contribution is -2.27. The highest BCUT2D eigenvalue weighted by atomic mass is 19.4. The zero-order chi connectivity index (χ0) is 9.83. The third kappa shape index (κ3) is 4.35. The molecule has 0 radical (unpaired) electrons. The van der Waals surface area contributed by atoms with Crippen LogP contribution in [0.2, 0.25) is 0 Å². The van der Waals surface area contributed by atoms with Crippen molar-refractivity contribution in [2.24, 2.45) is 0 Å². The molecule has 0 saturated heterocycles. The molecule has 0 heterocycles. The van der Waals surface area contributed by atoms with Gasteiger partial charge in [-0.3, -0.25) is 0 Å². The van der Waals surface area contributed by atoms with Crippen LogP contribution in [0.1, 0.15) is 6.92 Å².